The first-order valence-corrected chi connectivity index (χ1v) is 4.87. The summed E-state index contributed by atoms with van der Waals surface area (Å²) in [6.45, 7) is 0. The number of rotatable bonds is 2. The molecule has 2 aromatic rings. The Balaban J connectivity index is 2.59. The molecule has 0 fully saturated rings. The van der Waals surface area contributed by atoms with E-state index in [1.54, 1.807) is 18.2 Å². The van der Waals surface area contributed by atoms with Crippen LogP contribution in [0, 0.1) is 5.82 Å². The molecule has 0 radical (unpaired) electrons. The van der Waals surface area contributed by atoms with Crippen molar-refractivity contribution in [2.45, 2.75) is 0 Å². The molecule has 3 nitrogen and oxygen atoms in total. The zero-order chi connectivity index (χ0) is 10.7. The molecule has 0 bridgehead atoms. The molecular weight excluding hydrogens is 215 g/mol. The summed E-state index contributed by atoms with van der Waals surface area (Å²) in [5.74, 6) is -0.357. The van der Waals surface area contributed by atoms with E-state index in [1.165, 1.54) is 18.3 Å². The number of carbonyl (C=O) groups excluding carboxylic acids is 1. The first kappa shape index (κ1) is 9.71. The lowest BCUT2D eigenvalue weighted by Gasteiger charge is -1.98. The fraction of sp³-hybridized carbons (Fsp3) is 0. The Bertz CT molecular complexity index is 532. The summed E-state index contributed by atoms with van der Waals surface area (Å²) in [4.78, 5) is 14.1. The standard InChI is InChI=1S/C10H5FN2OS/c11-8-4-2-1-3-7(8)10-9(12-6-14)5-13-15-10/h1-5H. The molecule has 1 heterocycles. The van der Waals surface area contributed by atoms with Gasteiger partial charge in [0.1, 0.15) is 11.5 Å². The SMILES string of the molecule is O=C=Nc1cnsc1-c1ccccc1F. The molecule has 74 valence electrons. The monoisotopic (exact) mass is 220 g/mol. The van der Waals surface area contributed by atoms with Gasteiger partial charge in [0, 0.05) is 5.56 Å². The number of hydrogen-bond acceptors (Lipinski definition) is 4. The molecule has 0 unspecified atom stereocenters. The van der Waals surface area contributed by atoms with Gasteiger partial charge in [-0.25, -0.2) is 9.18 Å². The van der Waals surface area contributed by atoms with Gasteiger partial charge in [-0.15, -0.1) is 0 Å². The third-order valence-electron chi connectivity index (χ3n) is 1.84. The normalized spacial score (nSPS) is 9.67. The number of aromatic nitrogens is 1. The summed E-state index contributed by atoms with van der Waals surface area (Å²) in [6.07, 6.45) is 2.83. The van der Waals surface area contributed by atoms with Crippen LogP contribution in [0.25, 0.3) is 10.4 Å². The van der Waals surface area contributed by atoms with Crippen LogP contribution in [0.4, 0.5) is 10.1 Å². The van der Waals surface area contributed by atoms with Gasteiger partial charge in [0.15, 0.2) is 0 Å². The molecule has 2 rings (SSSR count). The van der Waals surface area contributed by atoms with Crippen LogP contribution in [0.15, 0.2) is 35.5 Å². The number of nitrogens with zero attached hydrogens (tertiary/aromatic N) is 2. The van der Waals surface area contributed by atoms with Crippen molar-refractivity contribution in [2.75, 3.05) is 0 Å². The molecule has 0 saturated heterocycles. The maximum absolute atomic E-state index is 13.4. The predicted octanol–water partition coefficient (Wildman–Crippen LogP) is 2.92. The number of hydrogen-bond donors (Lipinski definition) is 0. The summed E-state index contributed by atoms with van der Waals surface area (Å²) < 4.78 is 17.3. The van der Waals surface area contributed by atoms with E-state index >= 15 is 0 Å². The van der Waals surface area contributed by atoms with Crippen LogP contribution in [0.3, 0.4) is 0 Å². The Morgan fingerprint density at radius 2 is 2.20 bits per heavy atom. The number of isocyanates is 1. The van der Waals surface area contributed by atoms with Gasteiger partial charge >= 0.3 is 0 Å². The fourth-order valence-corrected chi connectivity index (χ4v) is 1.91. The van der Waals surface area contributed by atoms with E-state index in [0.29, 0.717) is 16.1 Å². The second-order valence-corrected chi connectivity index (χ2v) is 3.52. The Morgan fingerprint density at radius 1 is 1.40 bits per heavy atom. The lowest BCUT2D eigenvalue weighted by Crippen LogP contribution is -1.79. The highest BCUT2D eigenvalue weighted by Crippen LogP contribution is 2.34. The molecule has 0 saturated carbocycles. The van der Waals surface area contributed by atoms with Gasteiger partial charge < -0.3 is 0 Å². The van der Waals surface area contributed by atoms with Crippen molar-refractivity contribution in [2.24, 2.45) is 4.99 Å². The van der Waals surface area contributed by atoms with E-state index in [1.807, 2.05) is 0 Å². The molecule has 0 aliphatic heterocycles. The van der Waals surface area contributed by atoms with Crippen molar-refractivity contribution in [1.29, 1.82) is 0 Å². The molecule has 0 atom stereocenters. The maximum Gasteiger partial charge on any atom is 0.240 e. The minimum atomic E-state index is -0.357. The van der Waals surface area contributed by atoms with E-state index in [0.717, 1.165) is 11.5 Å². The van der Waals surface area contributed by atoms with Crippen LogP contribution in [0.5, 0.6) is 0 Å². The molecule has 1 aromatic carbocycles. The summed E-state index contributed by atoms with van der Waals surface area (Å²) in [6, 6.07) is 6.28. The van der Waals surface area contributed by atoms with Gasteiger partial charge in [0.05, 0.1) is 11.1 Å². The van der Waals surface area contributed by atoms with Crippen LogP contribution in [0.1, 0.15) is 0 Å². The second-order valence-electron chi connectivity index (χ2n) is 2.72. The molecular formula is C10H5FN2OS. The van der Waals surface area contributed by atoms with Crippen LogP contribution in [-0.2, 0) is 4.79 Å². The second kappa shape index (κ2) is 4.13. The first-order valence-electron chi connectivity index (χ1n) is 4.10. The Hall–Kier alpha value is -1.84. The summed E-state index contributed by atoms with van der Waals surface area (Å²) >= 11 is 1.09. The van der Waals surface area contributed by atoms with Gasteiger partial charge in [0.25, 0.3) is 0 Å². The molecule has 1 aromatic heterocycles. The minimum Gasteiger partial charge on any atom is -0.211 e. The zero-order valence-electron chi connectivity index (χ0n) is 7.48. The van der Waals surface area contributed by atoms with E-state index in [2.05, 4.69) is 9.37 Å². The predicted molar refractivity (Wildman–Crippen MR) is 55.3 cm³/mol. The molecule has 0 N–H and O–H groups in total. The van der Waals surface area contributed by atoms with E-state index in [-0.39, 0.29) is 5.82 Å². The van der Waals surface area contributed by atoms with Crippen molar-refractivity contribution < 1.29 is 9.18 Å². The number of benzene rings is 1. The Labute approximate surface area is 89.1 Å². The van der Waals surface area contributed by atoms with Crippen LogP contribution in [-0.4, -0.2) is 10.5 Å². The largest absolute Gasteiger partial charge is 0.240 e. The Morgan fingerprint density at radius 3 is 2.93 bits per heavy atom. The van der Waals surface area contributed by atoms with Gasteiger partial charge in [0.2, 0.25) is 6.08 Å². The van der Waals surface area contributed by atoms with Crippen LogP contribution < -0.4 is 0 Å². The van der Waals surface area contributed by atoms with E-state index < -0.39 is 0 Å². The van der Waals surface area contributed by atoms with Crippen molar-refractivity contribution in [3.05, 3.63) is 36.3 Å². The van der Waals surface area contributed by atoms with Gasteiger partial charge in [-0.2, -0.15) is 9.37 Å². The van der Waals surface area contributed by atoms with Crippen molar-refractivity contribution >= 4 is 23.3 Å². The lowest BCUT2D eigenvalue weighted by molar-refractivity contribution is 0.565. The van der Waals surface area contributed by atoms with E-state index in [4.69, 9.17) is 0 Å². The topological polar surface area (TPSA) is 42.3 Å². The van der Waals surface area contributed by atoms with Crippen LogP contribution >= 0.6 is 11.5 Å². The highest BCUT2D eigenvalue weighted by molar-refractivity contribution is 7.10. The van der Waals surface area contributed by atoms with Crippen molar-refractivity contribution in [3.63, 3.8) is 0 Å². The average molecular weight is 220 g/mol. The molecule has 0 aliphatic rings. The first-order chi connectivity index (χ1) is 7.33. The minimum absolute atomic E-state index is 0.347. The molecule has 0 spiro atoms. The maximum atomic E-state index is 13.4. The summed E-state index contributed by atoms with van der Waals surface area (Å²) in [5.41, 5.74) is 0.745. The molecule has 15 heavy (non-hydrogen) atoms. The number of aliphatic imine (C=N–C) groups is 1. The average Bonchev–Trinajstić information content (AvgIpc) is 2.67. The Kier molecular flexibility index (Phi) is 2.67. The third-order valence-corrected chi connectivity index (χ3v) is 2.66. The number of halogens is 1. The van der Waals surface area contributed by atoms with Crippen LogP contribution in [0.2, 0.25) is 0 Å². The zero-order valence-corrected chi connectivity index (χ0v) is 8.29. The highest BCUT2D eigenvalue weighted by atomic mass is 32.1. The van der Waals surface area contributed by atoms with Gasteiger partial charge in [-0.3, -0.25) is 0 Å². The molecule has 5 heteroatoms. The van der Waals surface area contributed by atoms with E-state index in [9.17, 15) is 9.18 Å². The quantitative estimate of drug-likeness (QED) is 0.576. The lowest BCUT2D eigenvalue weighted by atomic mass is 10.1. The highest BCUT2D eigenvalue weighted by Gasteiger charge is 2.11. The third kappa shape index (κ3) is 1.83. The summed E-state index contributed by atoms with van der Waals surface area (Å²) in [5, 5.41) is 0. The fourth-order valence-electron chi connectivity index (χ4n) is 1.20. The molecule has 0 amide bonds. The summed E-state index contributed by atoms with van der Waals surface area (Å²) in [7, 11) is 0. The van der Waals surface area contributed by atoms with Gasteiger partial charge in [-0.1, -0.05) is 18.2 Å². The van der Waals surface area contributed by atoms with Crippen molar-refractivity contribution in [3.8, 4) is 10.4 Å². The van der Waals surface area contributed by atoms with Crippen molar-refractivity contribution in [1.82, 2.24) is 4.37 Å². The molecule has 0 aliphatic carbocycles. The smallest absolute Gasteiger partial charge is 0.211 e. The van der Waals surface area contributed by atoms with Gasteiger partial charge in [-0.05, 0) is 17.6 Å².